The summed E-state index contributed by atoms with van der Waals surface area (Å²) in [7, 11) is -4.58. The predicted octanol–water partition coefficient (Wildman–Crippen LogP) is 8.09. The molecule has 0 saturated carbocycles. The lowest BCUT2D eigenvalue weighted by Crippen LogP contribution is -2.39. The van der Waals surface area contributed by atoms with Crippen LogP contribution in [-0.2, 0) is 16.5 Å². The van der Waals surface area contributed by atoms with Crippen LogP contribution in [0.3, 0.4) is 0 Å². The van der Waals surface area contributed by atoms with Crippen LogP contribution in [0.15, 0.2) is 33.3 Å². The molecule has 3 aromatic rings. The molecule has 1 unspecified atom stereocenters. The Morgan fingerprint density at radius 2 is 1.84 bits per heavy atom. The van der Waals surface area contributed by atoms with Crippen LogP contribution in [0.25, 0.3) is 10.2 Å². The smallest absolute Gasteiger partial charge is 0.297 e. The summed E-state index contributed by atoms with van der Waals surface area (Å²) in [5.41, 5.74) is 4.52. The van der Waals surface area contributed by atoms with E-state index in [1.807, 2.05) is 19.9 Å². The summed E-state index contributed by atoms with van der Waals surface area (Å²) in [5.74, 6) is 0.593. The molecule has 8 nitrogen and oxygen atoms in total. The zero-order chi connectivity index (χ0) is 27.4. The molecular weight excluding hydrogens is 520 g/mol. The van der Waals surface area contributed by atoms with Gasteiger partial charge < -0.3 is 9.64 Å². The van der Waals surface area contributed by atoms with Gasteiger partial charge in [0.15, 0.2) is 0 Å². The molecule has 2 aromatic carbocycles. The first-order valence-electron chi connectivity index (χ1n) is 13.5. The number of azo groups is 1. The molecule has 0 aliphatic carbocycles. The van der Waals surface area contributed by atoms with Gasteiger partial charge in [0.25, 0.3) is 10.1 Å². The van der Waals surface area contributed by atoms with Crippen molar-refractivity contribution in [1.29, 1.82) is 0 Å². The van der Waals surface area contributed by atoms with Crippen molar-refractivity contribution >= 4 is 48.2 Å². The van der Waals surface area contributed by atoms with Gasteiger partial charge in [-0.1, -0.05) is 44.4 Å². The normalized spacial score (nSPS) is 15.9. The Balaban J connectivity index is 1.84. The minimum absolute atomic E-state index is 0.0772. The monoisotopic (exact) mass is 558 g/mol. The highest BCUT2D eigenvalue weighted by atomic mass is 32.2. The number of hydrogen-bond donors (Lipinski definition) is 1. The van der Waals surface area contributed by atoms with E-state index in [0.717, 1.165) is 66.5 Å². The highest BCUT2D eigenvalue weighted by Crippen LogP contribution is 2.47. The molecular formula is C28H38N4O4S2. The van der Waals surface area contributed by atoms with Crippen LogP contribution in [0.1, 0.15) is 76.0 Å². The Morgan fingerprint density at radius 1 is 1.11 bits per heavy atom. The minimum atomic E-state index is -4.58. The zero-order valence-corrected chi connectivity index (χ0v) is 24.6. The van der Waals surface area contributed by atoms with Crippen LogP contribution in [-0.4, -0.2) is 37.1 Å². The van der Waals surface area contributed by atoms with Crippen LogP contribution in [0.4, 0.5) is 16.5 Å². The Hall–Kier alpha value is -2.56. The third-order valence-corrected chi connectivity index (χ3v) is 9.05. The first kappa shape index (κ1) is 28.4. The number of aromatic nitrogens is 1. The Labute approximate surface area is 229 Å². The van der Waals surface area contributed by atoms with E-state index < -0.39 is 10.1 Å². The SMILES string of the molecule is CCCCCOc1cc(N=Nc2nc3cc(C)c(C)cc3s2)c(S(=O)(=O)O)c2c1N(CCCC)C(C)CC2. The summed E-state index contributed by atoms with van der Waals surface area (Å²) >= 11 is 1.39. The van der Waals surface area contributed by atoms with Gasteiger partial charge in [-0.3, -0.25) is 4.55 Å². The van der Waals surface area contributed by atoms with E-state index in [4.69, 9.17) is 4.74 Å². The van der Waals surface area contributed by atoms with E-state index in [-0.39, 0.29) is 16.6 Å². The lowest BCUT2D eigenvalue weighted by molar-refractivity contribution is 0.304. The second-order valence-electron chi connectivity index (χ2n) is 10.1. The highest BCUT2D eigenvalue weighted by Gasteiger charge is 2.34. The van der Waals surface area contributed by atoms with Crippen LogP contribution >= 0.6 is 11.3 Å². The van der Waals surface area contributed by atoms with Crippen molar-refractivity contribution in [1.82, 2.24) is 4.98 Å². The second-order valence-corrected chi connectivity index (χ2v) is 12.5. The quantitative estimate of drug-likeness (QED) is 0.145. The third-order valence-electron chi connectivity index (χ3n) is 7.18. The summed E-state index contributed by atoms with van der Waals surface area (Å²) < 4.78 is 43.1. The number of hydrogen-bond acceptors (Lipinski definition) is 8. The molecule has 2 heterocycles. The molecule has 1 N–H and O–H groups in total. The van der Waals surface area contributed by atoms with E-state index in [9.17, 15) is 13.0 Å². The fourth-order valence-corrected chi connectivity index (χ4v) is 6.66. The number of ether oxygens (including phenoxy) is 1. The van der Waals surface area contributed by atoms with Gasteiger partial charge in [0.2, 0.25) is 5.13 Å². The van der Waals surface area contributed by atoms with Crippen LogP contribution in [0.5, 0.6) is 5.75 Å². The number of anilines is 1. The van der Waals surface area contributed by atoms with Crippen molar-refractivity contribution in [2.45, 2.75) is 90.5 Å². The summed E-state index contributed by atoms with van der Waals surface area (Å²) in [5, 5.41) is 9.08. The topological polar surface area (TPSA) is 104 Å². The molecule has 206 valence electrons. The first-order valence-corrected chi connectivity index (χ1v) is 15.8. The van der Waals surface area contributed by atoms with E-state index in [2.05, 4.69) is 46.9 Å². The fraction of sp³-hybridized carbons (Fsp3) is 0.536. The Kier molecular flexibility index (Phi) is 9.05. The van der Waals surface area contributed by atoms with Crippen LogP contribution in [0.2, 0.25) is 0 Å². The summed E-state index contributed by atoms with van der Waals surface area (Å²) in [6, 6.07) is 5.92. The number of fused-ring (bicyclic) bond motifs is 2. The lowest BCUT2D eigenvalue weighted by Gasteiger charge is -2.39. The number of rotatable bonds is 11. The minimum Gasteiger partial charge on any atom is -0.491 e. The molecule has 0 radical (unpaired) electrons. The maximum atomic E-state index is 12.7. The van der Waals surface area contributed by atoms with Gasteiger partial charge in [-0.05, 0) is 69.7 Å². The molecule has 0 fully saturated rings. The van der Waals surface area contributed by atoms with Gasteiger partial charge in [-0.25, -0.2) is 4.98 Å². The molecule has 1 aliphatic rings. The van der Waals surface area contributed by atoms with Gasteiger partial charge in [-0.15, -0.1) is 10.2 Å². The largest absolute Gasteiger partial charge is 0.491 e. The third kappa shape index (κ3) is 6.18. The molecule has 1 atom stereocenters. The van der Waals surface area contributed by atoms with Gasteiger partial charge in [-0.2, -0.15) is 8.42 Å². The van der Waals surface area contributed by atoms with E-state index in [1.165, 1.54) is 16.9 Å². The Morgan fingerprint density at radius 3 is 2.55 bits per heavy atom. The second kappa shape index (κ2) is 12.1. The summed E-state index contributed by atoms with van der Waals surface area (Å²) in [6.45, 7) is 11.8. The standard InChI is InChI=1S/C28H38N4O4S2/c1-6-8-10-14-36-24-17-23(30-31-28-29-22-15-18(3)19(4)16-25(22)37-28)27(38(33,34)35)21-12-11-20(5)32(26(21)24)13-9-7-2/h15-17,20H,6-14H2,1-5H3,(H,33,34,35). The van der Waals surface area contributed by atoms with Crippen molar-refractivity contribution in [3.63, 3.8) is 0 Å². The molecule has 1 aromatic heterocycles. The van der Waals surface area contributed by atoms with Gasteiger partial charge in [0.1, 0.15) is 16.3 Å². The average Bonchev–Trinajstić information content (AvgIpc) is 3.25. The molecule has 0 amide bonds. The van der Waals surface area contributed by atoms with Gasteiger partial charge in [0, 0.05) is 24.2 Å². The molecule has 0 bridgehead atoms. The maximum absolute atomic E-state index is 12.7. The summed E-state index contributed by atoms with van der Waals surface area (Å²) in [4.78, 5) is 6.61. The first-order chi connectivity index (χ1) is 18.1. The highest BCUT2D eigenvalue weighted by molar-refractivity contribution is 7.86. The van der Waals surface area contributed by atoms with Crippen molar-refractivity contribution < 1.29 is 17.7 Å². The number of nitrogens with zero attached hydrogens (tertiary/aromatic N) is 4. The molecule has 0 spiro atoms. The molecule has 0 saturated heterocycles. The maximum Gasteiger partial charge on any atom is 0.297 e. The van der Waals surface area contributed by atoms with E-state index in [1.54, 1.807) is 6.07 Å². The van der Waals surface area contributed by atoms with Crippen LogP contribution < -0.4 is 9.64 Å². The van der Waals surface area contributed by atoms with Crippen LogP contribution in [0, 0.1) is 13.8 Å². The number of aryl methyl sites for hydroxylation is 2. The molecule has 1 aliphatic heterocycles. The average molecular weight is 559 g/mol. The predicted molar refractivity (Wildman–Crippen MR) is 155 cm³/mol. The number of benzene rings is 2. The molecule has 38 heavy (non-hydrogen) atoms. The molecule has 4 rings (SSSR count). The van der Waals surface area contributed by atoms with Crippen molar-refractivity contribution in [3.05, 3.63) is 34.9 Å². The van der Waals surface area contributed by atoms with E-state index in [0.29, 0.717) is 29.5 Å². The fourth-order valence-electron chi connectivity index (χ4n) is 4.92. The molecule has 10 heteroatoms. The van der Waals surface area contributed by atoms with Crippen molar-refractivity contribution in [2.24, 2.45) is 10.2 Å². The number of thiazole rings is 1. The number of unbranched alkanes of at least 4 members (excludes halogenated alkanes) is 3. The van der Waals surface area contributed by atoms with Crippen molar-refractivity contribution in [2.75, 3.05) is 18.1 Å². The lowest BCUT2D eigenvalue weighted by atomic mass is 9.94. The Bertz CT molecular complexity index is 1390. The zero-order valence-electron chi connectivity index (χ0n) is 23.0. The van der Waals surface area contributed by atoms with Crippen molar-refractivity contribution in [3.8, 4) is 5.75 Å². The van der Waals surface area contributed by atoms with Gasteiger partial charge >= 0.3 is 0 Å². The van der Waals surface area contributed by atoms with E-state index >= 15 is 0 Å². The van der Waals surface area contributed by atoms with Gasteiger partial charge in [0.05, 0.1) is 22.5 Å². The summed E-state index contributed by atoms with van der Waals surface area (Å²) in [6.07, 6.45) is 6.28.